The summed E-state index contributed by atoms with van der Waals surface area (Å²) in [6.45, 7) is 3.93. The number of aromatic nitrogens is 2. The molecule has 3 N–H and O–H groups in total. The lowest BCUT2D eigenvalue weighted by Crippen LogP contribution is -2.49. The lowest BCUT2D eigenvalue weighted by molar-refractivity contribution is -0.123. The molecule has 2 atom stereocenters. The highest BCUT2D eigenvalue weighted by molar-refractivity contribution is 6.15. The second-order valence-corrected chi connectivity index (χ2v) is 7.51. The molecule has 0 saturated heterocycles. The molecule has 0 bridgehead atoms. The van der Waals surface area contributed by atoms with Crippen molar-refractivity contribution in [3.63, 3.8) is 0 Å². The lowest BCUT2D eigenvalue weighted by atomic mass is 9.85. The molecule has 24 heavy (non-hydrogen) atoms. The third-order valence-electron chi connectivity index (χ3n) is 4.77. The topological polar surface area (TPSA) is 90.0 Å². The van der Waals surface area contributed by atoms with Gasteiger partial charge in [0.25, 0.3) is 5.91 Å². The molecule has 131 valence electrons. The molecule has 0 spiro atoms. The Balaban J connectivity index is 2.09. The maximum atomic E-state index is 12.6. The Bertz CT molecular complexity index is 565. The van der Waals surface area contributed by atoms with Crippen LogP contribution in [0.15, 0.2) is 12.3 Å². The van der Waals surface area contributed by atoms with Gasteiger partial charge < -0.3 is 11.1 Å². The van der Waals surface area contributed by atoms with E-state index in [9.17, 15) is 9.59 Å². The zero-order valence-corrected chi connectivity index (χ0v) is 15.5. The summed E-state index contributed by atoms with van der Waals surface area (Å²) in [6, 6.07) is 1.77. The monoisotopic (exact) mass is 347 g/mol. The Kier molecular flexibility index (Phi) is 6.59. The van der Waals surface area contributed by atoms with Crippen molar-refractivity contribution in [2.24, 2.45) is 17.6 Å². The van der Waals surface area contributed by atoms with Gasteiger partial charge >= 0.3 is 0 Å². The number of hydrogen-bond acceptors (Lipinski definition) is 3. The Hall–Kier alpha value is -1.63. The predicted molar refractivity (Wildman–Crippen MR) is 93.5 cm³/mol. The van der Waals surface area contributed by atoms with Crippen molar-refractivity contribution in [1.82, 2.24) is 15.1 Å². The molecule has 2 amide bonds. The minimum absolute atomic E-state index is 0.0858. The largest absolute Gasteiger partial charge is 0.369 e. The van der Waals surface area contributed by atoms with Crippen molar-refractivity contribution in [2.75, 3.05) is 0 Å². The second kappa shape index (κ2) is 8.46. The summed E-state index contributed by atoms with van der Waals surface area (Å²) >= 11 is 0. The molecule has 1 aromatic rings. The van der Waals surface area contributed by atoms with Crippen LogP contribution in [0, 0.1) is 11.8 Å². The number of hydrogen-bond donors (Lipinski definition) is 2. The molecule has 2 rings (SSSR count). The molecule has 1 aliphatic rings. The number of amides is 2. The SMILES string of the molecule is CC(C)n1nccc1C(=O)N[C@@H]([Si])[C@H](C(N)=O)C1CCCCCC1. The molecule has 6 nitrogen and oxygen atoms in total. The molecule has 0 unspecified atom stereocenters. The van der Waals surface area contributed by atoms with E-state index < -0.39 is 11.6 Å². The van der Waals surface area contributed by atoms with Gasteiger partial charge in [0, 0.05) is 17.9 Å². The summed E-state index contributed by atoms with van der Waals surface area (Å²) in [7, 11) is 3.55. The molecular formula is C17H27N4O2Si. The number of carbonyl (C=O) groups excluding carboxylic acids is 2. The second-order valence-electron chi connectivity index (χ2n) is 6.89. The normalized spacial score (nSPS) is 18.8. The first-order valence-electron chi connectivity index (χ1n) is 8.76. The molecule has 1 fully saturated rings. The summed E-state index contributed by atoms with van der Waals surface area (Å²) in [6.07, 6.45) is 8.20. The van der Waals surface area contributed by atoms with Crippen LogP contribution in [-0.2, 0) is 4.79 Å². The summed E-state index contributed by atoms with van der Waals surface area (Å²) in [4.78, 5) is 24.6. The van der Waals surface area contributed by atoms with Crippen molar-refractivity contribution in [1.29, 1.82) is 0 Å². The molecule has 1 heterocycles. The van der Waals surface area contributed by atoms with Crippen LogP contribution in [0.5, 0.6) is 0 Å². The van der Waals surface area contributed by atoms with Crippen LogP contribution in [0.3, 0.4) is 0 Å². The molecular weight excluding hydrogens is 320 g/mol. The zero-order valence-electron chi connectivity index (χ0n) is 14.5. The Morgan fingerprint density at radius 3 is 2.46 bits per heavy atom. The van der Waals surface area contributed by atoms with Crippen molar-refractivity contribution in [2.45, 2.75) is 64.1 Å². The molecule has 0 aromatic carbocycles. The summed E-state index contributed by atoms with van der Waals surface area (Å²) < 4.78 is 1.67. The van der Waals surface area contributed by atoms with Crippen LogP contribution < -0.4 is 11.1 Å². The average Bonchev–Trinajstić information content (AvgIpc) is 2.86. The Morgan fingerprint density at radius 1 is 1.29 bits per heavy atom. The maximum absolute atomic E-state index is 12.6. The number of carbonyl (C=O) groups is 2. The number of nitrogens with one attached hydrogen (secondary N) is 1. The van der Waals surface area contributed by atoms with Gasteiger partial charge in [0.2, 0.25) is 5.91 Å². The molecule has 0 aliphatic heterocycles. The molecule has 7 heteroatoms. The number of nitrogens with two attached hydrogens (primary N) is 1. The highest BCUT2D eigenvalue weighted by Crippen LogP contribution is 2.30. The van der Waals surface area contributed by atoms with Crippen molar-refractivity contribution < 1.29 is 9.59 Å². The molecule has 1 aliphatic carbocycles. The van der Waals surface area contributed by atoms with E-state index in [1.54, 1.807) is 16.9 Å². The fourth-order valence-electron chi connectivity index (χ4n) is 3.55. The quantitative estimate of drug-likeness (QED) is 0.607. The molecule has 1 aromatic heterocycles. The minimum atomic E-state index is -0.478. The first-order valence-corrected chi connectivity index (χ1v) is 9.34. The van der Waals surface area contributed by atoms with E-state index in [0.717, 1.165) is 25.7 Å². The van der Waals surface area contributed by atoms with E-state index >= 15 is 0 Å². The van der Waals surface area contributed by atoms with E-state index in [4.69, 9.17) is 5.73 Å². The van der Waals surface area contributed by atoms with Crippen LogP contribution in [0.2, 0.25) is 0 Å². The Labute approximate surface area is 147 Å². The Morgan fingerprint density at radius 2 is 1.92 bits per heavy atom. The number of nitrogens with zero attached hydrogens (tertiary/aromatic N) is 2. The van der Waals surface area contributed by atoms with E-state index in [-0.39, 0.29) is 23.8 Å². The summed E-state index contributed by atoms with van der Waals surface area (Å²) in [5.41, 5.74) is 5.66. The van der Waals surface area contributed by atoms with Crippen LogP contribution in [0.25, 0.3) is 0 Å². The van der Waals surface area contributed by atoms with Crippen molar-refractivity contribution in [3.05, 3.63) is 18.0 Å². The van der Waals surface area contributed by atoms with Gasteiger partial charge in [0.1, 0.15) is 5.69 Å². The van der Waals surface area contributed by atoms with Gasteiger partial charge in [-0.2, -0.15) is 5.10 Å². The third kappa shape index (κ3) is 4.46. The zero-order chi connectivity index (χ0) is 17.7. The summed E-state index contributed by atoms with van der Waals surface area (Å²) in [5, 5.41) is 7.06. The third-order valence-corrected chi connectivity index (χ3v) is 5.28. The average molecular weight is 348 g/mol. The van der Waals surface area contributed by atoms with Gasteiger partial charge in [0.05, 0.1) is 16.2 Å². The smallest absolute Gasteiger partial charge is 0.269 e. The van der Waals surface area contributed by atoms with Gasteiger partial charge in [-0.25, -0.2) is 0 Å². The lowest BCUT2D eigenvalue weighted by Gasteiger charge is -2.29. The highest BCUT2D eigenvalue weighted by atomic mass is 28.1. The van der Waals surface area contributed by atoms with E-state index in [0.29, 0.717) is 5.69 Å². The number of rotatable bonds is 6. The fraction of sp³-hybridized carbons (Fsp3) is 0.706. The van der Waals surface area contributed by atoms with E-state index in [2.05, 4.69) is 20.7 Å². The van der Waals surface area contributed by atoms with Crippen LogP contribution in [0.4, 0.5) is 0 Å². The van der Waals surface area contributed by atoms with Crippen LogP contribution in [0.1, 0.15) is 68.9 Å². The molecule has 1 saturated carbocycles. The van der Waals surface area contributed by atoms with Gasteiger partial charge in [-0.05, 0) is 38.7 Å². The fourth-order valence-corrected chi connectivity index (χ4v) is 4.12. The standard InChI is InChI=1S/C17H27N4O2Si/c1-11(2)21-13(9-10-19-21)16(23)20-17(24)14(15(18)22)12-7-5-3-4-6-8-12/h9-12,14,17H,3-8H2,1-2H3,(H2,18,22)(H,20,23)/t14-,17-/m0/s1. The minimum Gasteiger partial charge on any atom is -0.369 e. The first kappa shape index (κ1) is 18.7. The van der Waals surface area contributed by atoms with Gasteiger partial charge in [-0.1, -0.05) is 25.7 Å². The van der Waals surface area contributed by atoms with E-state index in [1.807, 2.05) is 13.8 Å². The highest BCUT2D eigenvalue weighted by Gasteiger charge is 2.33. The van der Waals surface area contributed by atoms with Gasteiger partial charge in [-0.15, -0.1) is 0 Å². The first-order chi connectivity index (χ1) is 11.4. The van der Waals surface area contributed by atoms with Crippen molar-refractivity contribution >= 4 is 22.1 Å². The van der Waals surface area contributed by atoms with Gasteiger partial charge in [-0.3, -0.25) is 14.3 Å². The molecule has 3 radical (unpaired) electrons. The van der Waals surface area contributed by atoms with Gasteiger partial charge in [0.15, 0.2) is 0 Å². The van der Waals surface area contributed by atoms with Crippen LogP contribution >= 0.6 is 0 Å². The van der Waals surface area contributed by atoms with Crippen molar-refractivity contribution in [3.8, 4) is 0 Å². The van der Waals surface area contributed by atoms with E-state index in [1.165, 1.54) is 12.8 Å². The van der Waals surface area contributed by atoms with Crippen LogP contribution in [-0.4, -0.2) is 37.5 Å². The maximum Gasteiger partial charge on any atom is 0.269 e. The predicted octanol–water partition coefficient (Wildman–Crippen LogP) is 1.76. The summed E-state index contributed by atoms with van der Waals surface area (Å²) in [5.74, 6) is -0.803. The number of primary amides is 1.